The lowest BCUT2D eigenvalue weighted by Gasteiger charge is -2.12. The van der Waals surface area contributed by atoms with Crippen LogP contribution in [0.3, 0.4) is 0 Å². The van der Waals surface area contributed by atoms with Crippen molar-refractivity contribution in [2.24, 2.45) is 0 Å². The molecule has 0 aliphatic carbocycles. The number of hydrogen-bond donors (Lipinski definition) is 1. The summed E-state index contributed by atoms with van der Waals surface area (Å²) in [6.45, 7) is 0. The summed E-state index contributed by atoms with van der Waals surface area (Å²) in [5, 5.41) is 13.3. The highest BCUT2D eigenvalue weighted by Crippen LogP contribution is 2.35. The van der Waals surface area contributed by atoms with Crippen molar-refractivity contribution in [3.8, 4) is 0 Å². The van der Waals surface area contributed by atoms with E-state index in [1.165, 1.54) is 11.3 Å². The lowest BCUT2D eigenvalue weighted by atomic mass is 10.1. The number of aliphatic hydroxyl groups is 1. The van der Waals surface area contributed by atoms with E-state index in [0.29, 0.717) is 10.0 Å². The van der Waals surface area contributed by atoms with E-state index >= 15 is 0 Å². The first-order valence-corrected chi connectivity index (χ1v) is 7.17. The van der Waals surface area contributed by atoms with E-state index in [-0.39, 0.29) is 0 Å². The van der Waals surface area contributed by atoms with E-state index in [9.17, 15) is 5.11 Å². The number of aliphatic hydroxyl groups excluding tert-OH is 1. The molecule has 0 amide bonds. The van der Waals surface area contributed by atoms with Crippen molar-refractivity contribution in [2.75, 3.05) is 0 Å². The van der Waals surface area contributed by atoms with Crippen LogP contribution in [0.4, 0.5) is 0 Å². The van der Waals surface area contributed by atoms with Gasteiger partial charge in [-0.2, -0.15) is 0 Å². The highest BCUT2D eigenvalue weighted by Gasteiger charge is 2.18. The number of rotatable bonds is 2. The second kappa shape index (κ2) is 5.23. The summed E-state index contributed by atoms with van der Waals surface area (Å²) >= 11 is 15.5. The van der Waals surface area contributed by atoms with Crippen molar-refractivity contribution in [1.29, 1.82) is 0 Å². The lowest BCUT2D eigenvalue weighted by Crippen LogP contribution is -2.00. The predicted octanol–water partition coefficient (Wildman–Crippen LogP) is 4.74. The van der Waals surface area contributed by atoms with Gasteiger partial charge >= 0.3 is 0 Å². The molecule has 16 heavy (non-hydrogen) atoms. The monoisotopic (exact) mass is 384 g/mol. The Morgan fingerprint density at radius 2 is 2.00 bits per heavy atom. The maximum absolute atomic E-state index is 10.2. The fourth-order valence-corrected chi connectivity index (χ4v) is 3.34. The molecule has 1 atom stereocenters. The summed E-state index contributed by atoms with van der Waals surface area (Å²) in [6.07, 6.45) is -0.710. The normalized spacial score (nSPS) is 12.8. The van der Waals surface area contributed by atoms with Gasteiger partial charge in [-0.3, -0.25) is 0 Å². The molecule has 1 aromatic carbocycles. The zero-order valence-electron chi connectivity index (χ0n) is 7.95. The molecule has 0 aliphatic rings. The Morgan fingerprint density at radius 1 is 1.25 bits per heavy atom. The van der Waals surface area contributed by atoms with Crippen molar-refractivity contribution < 1.29 is 5.11 Å². The van der Waals surface area contributed by atoms with Gasteiger partial charge in [0.1, 0.15) is 6.10 Å². The summed E-state index contributed by atoms with van der Waals surface area (Å²) in [4.78, 5) is 0.752. The Labute approximate surface area is 121 Å². The Balaban J connectivity index is 2.45. The molecule has 0 bridgehead atoms. The van der Waals surface area contributed by atoms with Crippen LogP contribution in [0.15, 0.2) is 29.6 Å². The van der Waals surface area contributed by atoms with Crippen LogP contribution in [0, 0.1) is 3.57 Å². The molecular weight excluding hydrogens is 378 g/mol. The van der Waals surface area contributed by atoms with Gasteiger partial charge in [-0.1, -0.05) is 23.2 Å². The molecule has 0 spiro atoms. The van der Waals surface area contributed by atoms with Gasteiger partial charge in [-0.05, 0) is 52.2 Å². The lowest BCUT2D eigenvalue weighted by molar-refractivity contribution is 0.223. The van der Waals surface area contributed by atoms with Gasteiger partial charge in [-0.25, -0.2) is 0 Å². The first kappa shape index (κ1) is 12.6. The molecule has 1 N–H and O–H groups in total. The van der Waals surface area contributed by atoms with Crippen LogP contribution in [0.1, 0.15) is 16.5 Å². The largest absolute Gasteiger partial charge is 0.383 e. The smallest absolute Gasteiger partial charge is 0.116 e. The van der Waals surface area contributed by atoms with Crippen molar-refractivity contribution in [3.05, 3.63) is 53.7 Å². The summed E-state index contributed by atoms with van der Waals surface area (Å²) in [7, 11) is 0. The molecule has 2 aromatic rings. The number of benzene rings is 1. The molecule has 0 aliphatic heterocycles. The van der Waals surface area contributed by atoms with Crippen LogP contribution in [-0.2, 0) is 0 Å². The molecule has 1 nitrogen and oxygen atoms in total. The number of thiophene rings is 1. The van der Waals surface area contributed by atoms with Crippen molar-refractivity contribution in [2.45, 2.75) is 6.10 Å². The van der Waals surface area contributed by atoms with Gasteiger partial charge in [0.15, 0.2) is 0 Å². The van der Waals surface area contributed by atoms with Crippen molar-refractivity contribution in [1.82, 2.24) is 0 Å². The summed E-state index contributed by atoms with van der Waals surface area (Å²) < 4.78 is 0.971. The summed E-state index contributed by atoms with van der Waals surface area (Å²) in [6, 6.07) is 7.23. The average molecular weight is 385 g/mol. The van der Waals surface area contributed by atoms with E-state index in [4.69, 9.17) is 23.2 Å². The third-order valence-corrected chi connectivity index (χ3v) is 4.77. The number of hydrogen-bond acceptors (Lipinski definition) is 2. The predicted molar refractivity (Wildman–Crippen MR) is 77.6 cm³/mol. The maximum atomic E-state index is 10.2. The van der Waals surface area contributed by atoms with E-state index in [2.05, 4.69) is 22.6 Å². The average Bonchev–Trinajstić information content (AvgIpc) is 2.67. The van der Waals surface area contributed by atoms with Crippen LogP contribution >= 0.6 is 57.1 Å². The minimum Gasteiger partial charge on any atom is -0.383 e. The molecule has 84 valence electrons. The van der Waals surface area contributed by atoms with Crippen molar-refractivity contribution >= 4 is 57.1 Å². The molecule has 1 unspecified atom stereocenters. The van der Waals surface area contributed by atoms with E-state index in [1.807, 2.05) is 11.4 Å². The van der Waals surface area contributed by atoms with Gasteiger partial charge in [0, 0.05) is 14.2 Å². The maximum Gasteiger partial charge on any atom is 0.116 e. The highest BCUT2D eigenvalue weighted by atomic mass is 127. The van der Waals surface area contributed by atoms with E-state index in [0.717, 1.165) is 14.0 Å². The molecule has 5 heteroatoms. The summed E-state index contributed by atoms with van der Waals surface area (Å²) in [5.74, 6) is 0. The van der Waals surface area contributed by atoms with Gasteiger partial charge in [0.2, 0.25) is 0 Å². The first-order valence-electron chi connectivity index (χ1n) is 4.45. The SMILES string of the molecule is OC(c1cc(Cl)ccc1I)c1sccc1Cl. The van der Waals surface area contributed by atoms with Crippen LogP contribution in [-0.4, -0.2) is 5.11 Å². The standard InChI is InChI=1S/C11H7Cl2IOS/c12-6-1-2-9(14)7(5-6)10(15)11-8(13)3-4-16-11/h1-5,10,15H. The van der Waals surface area contributed by atoms with Crippen molar-refractivity contribution in [3.63, 3.8) is 0 Å². The molecule has 1 heterocycles. The van der Waals surface area contributed by atoms with Crippen LogP contribution in [0.2, 0.25) is 10.0 Å². The molecule has 0 saturated heterocycles. The highest BCUT2D eigenvalue weighted by molar-refractivity contribution is 14.1. The zero-order valence-corrected chi connectivity index (χ0v) is 12.4. The Hall–Kier alpha value is 0.190. The third-order valence-electron chi connectivity index (χ3n) is 2.15. The number of halogens is 3. The molecule has 0 radical (unpaired) electrons. The third kappa shape index (κ3) is 2.54. The topological polar surface area (TPSA) is 20.2 Å². The van der Waals surface area contributed by atoms with Gasteiger partial charge in [0.05, 0.1) is 9.90 Å². The Kier molecular flexibility index (Phi) is 4.13. The van der Waals surface area contributed by atoms with Crippen LogP contribution < -0.4 is 0 Å². The quantitative estimate of drug-likeness (QED) is 0.741. The van der Waals surface area contributed by atoms with Crippen LogP contribution in [0.5, 0.6) is 0 Å². The van der Waals surface area contributed by atoms with Gasteiger partial charge in [-0.15, -0.1) is 11.3 Å². The molecular formula is C11H7Cl2IOS. The molecule has 2 rings (SSSR count). The van der Waals surface area contributed by atoms with Crippen LogP contribution in [0.25, 0.3) is 0 Å². The zero-order chi connectivity index (χ0) is 11.7. The van der Waals surface area contributed by atoms with Gasteiger partial charge < -0.3 is 5.11 Å². The minimum atomic E-state index is -0.710. The fraction of sp³-hybridized carbons (Fsp3) is 0.0909. The molecule has 0 fully saturated rings. The first-order chi connectivity index (χ1) is 7.59. The molecule has 0 saturated carbocycles. The Bertz CT molecular complexity index is 512. The molecule has 1 aromatic heterocycles. The summed E-state index contributed by atoms with van der Waals surface area (Å²) in [5.41, 5.74) is 0.789. The van der Waals surface area contributed by atoms with E-state index < -0.39 is 6.10 Å². The Morgan fingerprint density at radius 3 is 2.62 bits per heavy atom. The minimum absolute atomic E-state index is 0.591. The van der Waals surface area contributed by atoms with Gasteiger partial charge in [0.25, 0.3) is 0 Å². The fourth-order valence-electron chi connectivity index (χ4n) is 1.37. The second-order valence-corrected chi connectivity index (χ2v) is 6.15. The van der Waals surface area contributed by atoms with E-state index in [1.54, 1.807) is 18.2 Å². The second-order valence-electron chi connectivity index (χ2n) is 3.20.